The van der Waals surface area contributed by atoms with E-state index >= 15 is 0 Å². The number of rotatable bonds is 5. The molecule has 0 fully saturated rings. The number of aryl methyl sites for hydroxylation is 1. The Bertz CT molecular complexity index is 594. The van der Waals surface area contributed by atoms with E-state index in [9.17, 15) is 4.79 Å². The molecule has 4 heteroatoms. The van der Waals surface area contributed by atoms with Gasteiger partial charge in [0.15, 0.2) is 0 Å². The van der Waals surface area contributed by atoms with Gasteiger partial charge in [0.2, 0.25) is 0 Å². The molecule has 0 unspecified atom stereocenters. The first kappa shape index (κ1) is 15.1. The highest BCUT2D eigenvalue weighted by molar-refractivity contribution is 5.73. The molecular formula is C17H20N2O2. The van der Waals surface area contributed by atoms with Crippen LogP contribution in [0.5, 0.6) is 0 Å². The Labute approximate surface area is 124 Å². The minimum absolute atomic E-state index is 0.0324. The van der Waals surface area contributed by atoms with Crippen LogP contribution in [0.2, 0.25) is 0 Å². The third-order valence-electron chi connectivity index (χ3n) is 3.19. The van der Waals surface area contributed by atoms with Crippen molar-refractivity contribution < 1.29 is 9.90 Å². The lowest BCUT2D eigenvalue weighted by Crippen LogP contribution is -2.34. The number of benzene rings is 2. The van der Waals surface area contributed by atoms with Crippen molar-refractivity contribution in [3.05, 3.63) is 70.8 Å². The van der Waals surface area contributed by atoms with Gasteiger partial charge < -0.3 is 15.7 Å². The van der Waals surface area contributed by atoms with E-state index in [-0.39, 0.29) is 12.6 Å². The van der Waals surface area contributed by atoms with Crippen molar-refractivity contribution in [1.82, 2.24) is 10.6 Å². The first-order chi connectivity index (χ1) is 10.2. The summed E-state index contributed by atoms with van der Waals surface area (Å²) in [5.74, 6) is 0. The summed E-state index contributed by atoms with van der Waals surface area (Å²) in [6.07, 6.45) is 0. The number of hydrogen-bond acceptors (Lipinski definition) is 2. The van der Waals surface area contributed by atoms with Crippen LogP contribution in [0, 0.1) is 6.92 Å². The van der Waals surface area contributed by atoms with Crippen LogP contribution in [0.1, 0.15) is 22.3 Å². The first-order valence-electron chi connectivity index (χ1n) is 6.93. The Morgan fingerprint density at radius 2 is 1.57 bits per heavy atom. The molecule has 21 heavy (non-hydrogen) atoms. The van der Waals surface area contributed by atoms with Crippen LogP contribution in [0.15, 0.2) is 48.5 Å². The predicted molar refractivity (Wildman–Crippen MR) is 82.6 cm³/mol. The van der Waals surface area contributed by atoms with Crippen molar-refractivity contribution in [2.75, 3.05) is 0 Å². The molecule has 4 nitrogen and oxygen atoms in total. The van der Waals surface area contributed by atoms with Crippen LogP contribution in [-0.2, 0) is 19.7 Å². The molecule has 0 heterocycles. The van der Waals surface area contributed by atoms with E-state index in [4.69, 9.17) is 5.11 Å². The highest BCUT2D eigenvalue weighted by Gasteiger charge is 2.01. The van der Waals surface area contributed by atoms with Gasteiger partial charge in [-0.3, -0.25) is 0 Å². The minimum atomic E-state index is -0.192. The fourth-order valence-corrected chi connectivity index (χ4v) is 2.01. The molecule has 0 aliphatic carbocycles. The number of amides is 2. The summed E-state index contributed by atoms with van der Waals surface area (Å²) in [6.45, 7) is 3.03. The normalized spacial score (nSPS) is 10.2. The number of nitrogens with one attached hydrogen (secondary N) is 2. The van der Waals surface area contributed by atoms with E-state index in [1.54, 1.807) is 0 Å². The van der Waals surface area contributed by atoms with Gasteiger partial charge in [-0.25, -0.2) is 4.79 Å². The van der Waals surface area contributed by atoms with Gasteiger partial charge in [0, 0.05) is 13.1 Å². The van der Waals surface area contributed by atoms with E-state index in [2.05, 4.69) is 10.6 Å². The van der Waals surface area contributed by atoms with E-state index < -0.39 is 0 Å². The zero-order chi connectivity index (χ0) is 15.1. The molecule has 2 amide bonds. The van der Waals surface area contributed by atoms with Crippen molar-refractivity contribution >= 4 is 6.03 Å². The SMILES string of the molecule is Cc1cccc(CNC(=O)NCc2ccc(CO)cc2)c1. The summed E-state index contributed by atoms with van der Waals surface area (Å²) in [6, 6.07) is 15.3. The second kappa shape index (κ2) is 7.45. The van der Waals surface area contributed by atoms with E-state index in [0.29, 0.717) is 13.1 Å². The summed E-state index contributed by atoms with van der Waals surface area (Å²) in [7, 11) is 0. The summed E-state index contributed by atoms with van der Waals surface area (Å²) < 4.78 is 0. The van der Waals surface area contributed by atoms with Gasteiger partial charge in [-0.1, -0.05) is 54.1 Å². The monoisotopic (exact) mass is 284 g/mol. The second-order valence-electron chi connectivity index (χ2n) is 5.00. The van der Waals surface area contributed by atoms with Crippen LogP contribution in [0.25, 0.3) is 0 Å². The predicted octanol–water partition coefficient (Wildman–Crippen LogP) is 2.49. The largest absolute Gasteiger partial charge is 0.392 e. The summed E-state index contributed by atoms with van der Waals surface area (Å²) >= 11 is 0. The van der Waals surface area contributed by atoms with E-state index in [1.807, 2.05) is 55.5 Å². The number of hydrogen-bond donors (Lipinski definition) is 3. The summed E-state index contributed by atoms with van der Waals surface area (Å²) in [5.41, 5.74) is 4.12. The van der Waals surface area contributed by atoms with Crippen LogP contribution in [0.3, 0.4) is 0 Å². The number of urea groups is 1. The van der Waals surface area contributed by atoms with Gasteiger partial charge in [0.1, 0.15) is 0 Å². The van der Waals surface area contributed by atoms with Gasteiger partial charge in [0.25, 0.3) is 0 Å². The number of carbonyl (C=O) groups excluding carboxylic acids is 1. The first-order valence-corrected chi connectivity index (χ1v) is 6.93. The van der Waals surface area contributed by atoms with E-state index in [1.165, 1.54) is 5.56 Å². The zero-order valence-corrected chi connectivity index (χ0v) is 12.1. The molecule has 2 aromatic carbocycles. The Hall–Kier alpha value is -2.33. The lowest BCUT2D eigenvalue weighted by molar-refractivity contribution is 0.240. The molecule has 0 aliphatic heterocycles. The van der Waals surface area contributed by atoms with Crippen molar-refractivity contribution in [2.45, 2.75) is 26.6 Å². The van der Waals surface area contributed by atoms with Crippen molar-refractivity contribution in [3.8, 4) is 0 Å². The van der Waals surface area contributed by atoms with E-state index in [0.717, 1.165) is 16.7 Å². The Kier molecular flexibility index (Phi) is 5.35. The van der Waals surface area contributed by atoms with Gasteiger partial charge in [0.05, 0.1) is 6.61 Å². The van der Waals surface area contributed by atoms with Crippen molar-refractivity contribution in [1.29, 1.82) is 0 Å². The maximum atomic E-state index is 11.7. The molecule has 0 spiro atoms. The fraction of sp³-hybridized carbons (Fsp3) is 0.235. The Balaban J connectivity index is 1.76. The van der Waals surface area contributed by atoms with Gasteiger partial charge in [-0.15, -0.1) is 0 Å². The van der Waals surface area contributed by atoms with Gasteiger partial charge >= 0.3 is 6.03 Å². The van der Waals surface area contributed by atoms with Crippen molar-refractivity contribution in [2.24, 2.45) is 0 Å². The van der Waals surface area contributed by atoms with Crippen LogP contribution in [-0.4, -0.2) is 11.1 Å². The van der Waals surface area contributed by atoms with Gasteiger partial charge in [-0.2, -0.15) is 0 Å². The zero-order valence-electron chi connectivity index (χ0n) is 12.1. The highest BCUT2D eigenvalue weighted by atomic mass is 16.3. The fourth-order valence-electron chi connectivity index (χ4n) is 2.01. The average molecular weight is 284 g/mol. The van der Waals surface area contributed by atoms with Crippen LogP contribution >= 0.6 is 0 Å². The standard InChI is InChI=1S/C17H20N2O2/c1-13-3-2-4-16(9-13)11-19-17(21)18-10-14-5-7-15(12-20)8-6-14/h2-9,20H,10-12H2,1H3,(H2,18,19,21). The second-order valence-corrected chi connectivity index (χ2v) is 5.00. The average Bonchev–Trinajstić information content (AvgIpc) is 2.51. The number of aliphatic hydroxyl groups is 1. The van der Waals surface area contributed by atoms with Crippen LogP contribution in [0.4, 0.5) is 4.79 Å². The van der Waals surface area contributed by atoms with Gasteiger partial charge in [-0.05, 0) is 23.6 Å². The lowest BCUT2D eigenvalue weighted by atomic mass is 10.1. The molecule has 2 aromatic rings. The maximum absolute atomic E-state index is 11.7. The molecule has 0 saturated heterocycles. The van der Waals surface area contributed by atoms with Crippen molar-refractivity contribution in [3.63, 3.8) is 0 Å². The third-order valence-corrected chi connectivity index (χ3v) is 3.19. The quantitative estimate of drug-likeness (QED) is 0.790. The lowest BCUT2D eigenvalue weighted by Gasteiger charge is -2.08. The molecule has 0 aliphatic rings. The molecular weight excluding hydrogens is 264 g/mol. The molecule has 110 valence electrons. The molecule has 0 aromatic heterocycles. The topological polar surface area (TPSA) is 61.4 Å². The summed E-state index contributed by atoms with van der Waals surface area (Å²) in [4.78, 5) is 11.7. The third kappa shape index (κ3) is 4.93. The van der Waals surface area contributed by atoms with Crippen LogP contribution < -0.4 is 10.6 Å². The highest BCUT2D eigenvalue weighted by Crippen LogP contribution is 2.04. The smallest absolute Gasteiger partial charge is 0.315 e. The molecule has 3 N–H and O–H groups in total. The Morgan fingerprint density at radius 1 is 0.952 bits per heavy atom. The number of aliphatic hydroxyl groups excluding tert-OH is 1. The number of carbonyl (C=O) groups is 1. The molecule has 0 bridgehead atoms. The summed E-state index contributed by atoms with van der Waals surface area (Å²) in [5, 5.41) is 14.6. The maximum Gasteiger partial charge on any atom is 0.315 e. The molecule has 0 atom stereocenters. The molecule has 0 saturated carbocycles. The molecule has 0 radical (unpaired) electrons. The Morgan fingerprint density at radius 3 is 2.19 bits per heavy atom. The molecule has 2 rings (SSSR count). The minimum Gasteiger partial charge on any atom is -0.392 e.